The second-order valence-electron chi connectivity index (χ2n) is 13.6. The Morgan fingerprint density at radius 1 is 0.722 bits per heavy atom. The summed E-state index contributed by atoms with van der Waals surface area (Å²) in [5, 5.41) is 39.2. The molecule has 0 saturated carbocycles. The number of benzene rings is 2. The number of carbonyl (C=O) groups is 2. The van der Waals surface area contributed by atoms with Crippen molar-refractivity contribution in [2.24, 2.45) is 0 Å². The summed E-state index contributed by atoms with van der Waals surface area (Å²) >= 11 is 12.2. The average molecular weight is 794 g/mol. The molecule has 9 heteroatoms. The molecule has 2 aromatic rings. The van der Waals surface area contributed by atoms with E-state index in [1.165, 1.54) is 81.1 Å². The van der Waals surface area contributed by atoms with Crippen LogP contribution in [-0.2, 0) is 6.42 Å². The highest BCUT2D eigenvalue weighted by atomic mass is 35.5. The fourth-order valence-electron chi connectivity index (χ4n) is 5.49. The second kappa shape index (κ2) is 30.0. The maximum absolute atomic E-state index is 11.5. The van der Waals surface area contributed by atoms with Crippen LogP contribution >= 0.6 is 23.2 Å². The fourth-order valence-corrected chi connectivity index (χ4v) is 5.91. The topological polar surface area (TPSA) is 124 Å². The molecule has 0 fully saturated rings. The van der Waals surface area contributed by atoms with Crippen molar-refractivity contribution in [3.63, 3.8) is 0 Å². The van der Waals surface area contributed by atoms with Crippen molar-refractivity contribution in [2.75, 3.05) is 13.2 Å². The van der Waals surface area contributed by atoms with Crippen LogP contribution in [0.3, 0.4) is 0 Å². The van der Waals surface area contributed by atoms with E-state index in [1.807, 2.05) is 25.2 Å². The van der Waals surface area contributed by atoms with E-state index in [2.05, 4.69) is 34.6 Å². The van der Waals surface area contributed by atoms with Gasteiger partial charge in [0, 0.05) is 11.6 Å². The number of aromatic hydroxyl groups is 3. The summed E-state index contributed by atoms with van der Waals surface area (Å²) in [6, 6.07) is 1.41. The summed E-state index contributed by atoms with van der Waals surface area (Å²) in [5.41, 5.74) is 5.45. The number of phenols is 3. The number of rotatable bonds is 20. The highest BCUT2D eigenvalue weighted by molar-refractivity contribution is 6.34. The molecule has 0 aromatic heterocycles. The van der Waals surface area contributed by atoms with Crippen LogP contribution in [0.2, 0.25) is 10.0 Å². The molecule has 54 heavy (non-hydrogen) atoms. The number of allylic oxidation sites excluding steroid dienone is 4. The predicted molar refractivity (Wildman–Crippen MR) is 229 cm³/mol. The number of aliphatic hydroxyl groups is 1. The van der Waals surface area contributed by atoms with Crippen LogP contribution < -0.4 is 4.74 Å². The van der Waals surface area contributed by atoms with E-state index < -0.39 is 0 Å². The minimum absolute atomic E-state index is 0. The molecule has 0 aliphatic heterocycles. The van der Waals surface area contributed by atoms with E-state index >= 15 is 0 Å². The van der Waals surface area contributed by atoms with Gasteiger partial charge in [-0.15, -0.1) is 0 Å². The Hall–Kier alpha value is -3.26. The molecule has 306 valence electrons. The van der Waals surface area contributed by atoms with Crippen molar-refractivity contribution in [1.29, 1.82) is 0 Å². The molecule has 0 atom stereocenters. The Morgan fingerprint density at radius 2 is 1.20 bits per heavy atom. The third kappa shape index (κ3) is 19.4. The van der Waals surface area contributed by atoms with Gasteiger partial charge >= 0.3 is 0 Å². The number of ether oxygens (including phenoxy) is 1. The van der Waals surface area contributed by atoms with E-state index in [9.17, 15) is 24.9 Å². The van der Waals surface area contributed by atoms with Crippen molar-refractivity contribution < 1.29 is 34.8 Å². The third-order valence-corrected chi connectivity index (χ3v) is 9.90. The Morgan fingerprint density at radius 3 is 1.65 bits per heavy atom. The number of aldehydes is 1. The summed E-state index contributed by atoms with van der Waals surface area (Å²) in [4.78, 5) is 22.6. The summed E-state index contributed by atoms with van der Waals surface area (Å²) < 4.78 is 5.63. The molecule has 0 aliphatic rings. The van der Waals surface area contributed by atoms with Crippen LogP contribution in [0.25, 0.3) is 0 Å². The van der Waals surface area contributed by atoms with Crippen LogP contribution in [0.1, 0.15) is 170 Å². The zero-order valence-electron chi connectivity index (χ0n) is 33.8. The van der Waals surface area contributed by atoms with Gasteiger partial charge in [-0.1, -0.05) is 119 Å². The highest BCUT2D eigenvalue weighted by Gasteiger charge is 2.20. The molecule has 0 radical (unpaired) electrons. The third-order valence-electron chi connectivity index (χ3n) is 8.97. The SMILES string of the molecule is C.CCCCC/C(C)=C/COc1cc(O)c(C(C)=O)c(C)c1Cl.CCCCC/C(C)=C\CO.CCCCC/C(C)=C\Cc1c(O)c(Cl)c(C)c(C=O)c1O. The van der Waals surface area contributed by atoms with Gasteiger partial charge in [-0.25, -0.2) is 0 Å². The monoisotopic (exact) mass is 792 g/mol. The highest BCUT2D eigenvalue weighted by Crippen LogP contribution is 2.40. The van der Waals surface area contributed by atoms with E-state index in [0.717, 1.165) is 25.7 Å². The van der Waals surface area contributed by atoms with Gasteiger partial charge < -0.3 is 25.2 Å². The number of aliphatic hydroxyl groups excluding tert-OH is 1. The number of phenolic OH excluding ortho intramolecular Hbond substituents is 3. The van der Waals surface area contributed by atoms with Crippen molar-refractivity contribution >= 4 is 35.3 Å². The summed E-state index contributed by atoms with van der Waals surface area (Å²) in [6.07, 6.45) is 21.0. The number of hydrogen-bond donors (Lipinski definition) is 4. The van der Waals surface area contributed by atoms with E-state index in [0.29, 0.717) is 46.8 Å². The first-order valence-electron chi connectivity index (χ1n) is 19.0. The minimum atomic E-state index is -0.213. The fraction of sp³-hybridized carbons (Fsp3) is 0.556. The number of halogens is 2. The van der Waals surface area contributed by atoms with Crippen molar-refractivity contribution in [2.45, 2.75) is 153 Å². The van der Waals surface area contributed by atoms with Gasteiger partial charge in [0.1, 0.15) is 29.6 Å². The Kier molecular flexibility index (Phi) is 29.4. The van der Waals surface area contributed by atoms with Crippen molar-refractivity contribution in [1.82, 2.24) is 0 Å². The van der Waals surface area contributed by atoms with E-state index in [-0.39, 0.29) is 53.2 Å². The van der Waals surface area contributed by atoms with Gasteiger partial charge in [-0.05, 0) is 104 Å². The lowest BCUT2D eigenvalue weighted by molar-refractivity contribution is 0.101. The zero-order valence-corrected chi connectivity index (χ0v) is 35.3. The van der Waals surface area contributed by atoms with Crippen molar-refractivity contribution in [3.8, 4) is 23.0 Å². The van der Waals surface area contributed by atoms with Crippen molar-refractivity contribution in [3.05, 3.63) is 78.9 Å². The normalized spacial score (nSPS) is 11.5. The molecule has 0 heterocycles. The molecular formula is C45H70Cl2O7. The lowest BCUT2D eigenvalue weighted by atomic mass is 9.99. The molecule has 4 N–H and O–H groups in total. The second-order valence-corrected chi connectivity index (χ2v) is 14.4. The first-order chi connectivity index (χ1) is 25.1. The first kappa shape index (κ1) is 52.8. The quantitative estimate of drug-likeness (QED) is 0.0455. The van der Waals surface area contributed by atoms with E-state index in [4.69, 9.17) is 33.0 Å². The maximum atomic E-state index is 11.5. The Labute approximate surface area is 337 Å². The number of ketones is 1. The molecule has 0 saturated heterocycles. The zero-order chi connectivity index (χ0) is 40.5. The summed E-state index contributed by atoms with van der Waals surface area (Å²) in [7, 11) is 0. The van der Waals surface area contributed by atoms with Crippen LogP contribution in [0, 0.1) is 13.8 Å². The molecule has 0 spiro atoms. The Balaban J connectivity index is 0. The molecule has 2 aromatic carbocycles. The molecule has 0 bridgehead atoms. The van der Waals surface area contributed by atoms with Gasteiger partial charge in [0.05, 0.1) is 27.8 Å². The van der Waals surface area contributed by atoms with Crippen LogP contribution in [0.5, 0.6) is 23.0 Å². The lowest BCUT2D eigenvalue weighted by Gasteiger charge is -2.13. The predicted octanol–water partition coefficient (Wildman–Crippen LogP) is 13.5. The largest absolute Gasteiger partial charge is 0.507 e. The molecule has 0 amide bonds. The van der Waals surface area contributed by atoms with Crippen LogP contribution in [0.15, 0.2) is 41.0 Å². The number of carbonyl (C=O) groups excluding carboxylic acids is 2. The smallest absolute Gasteiger partial charge is 0.163 e. The molecule has 0 unspecified atom stereocenters. The minimum Gasteiger partial charge on any atom is -0.507 e. The van der Waals surface area contributed by atoms with Gasteiger partial charge in [-0.2, -0.15) is 0 Å². The number of unbranched alkanes of at least 4 members (excludes halogenated alkanes) is 6. The van der Waals surface area contributed by atoms with Gasteiger partial charge in [-0.3, -0.25) is 9.59 Å². The molecule has 7 nitrogen and oxygen atoms in total. The Bertz CT molecular complexity index is 1520. The van der Waals surface area contributed by atoms with E-state index in [1.54, 1.807) is 13.8 Å². The molecule has 0 aliphatic carbocycles. The maximum Gasteiger partial charge on any atom is 0.163 e. The lowest BCUT2D eigenvalue weighted by Crippen LogP contribution is -2.01. The van der Waals surface area contributed by atoms with Crippen LogP contribution in [0.4, 0.5) is 0 Å². The molecular weight excluding hydrogens is 723 g/mol. The number of Topliss-reactive ketones (excluding diaryl/α,β-unsaturated/α-hetero) is 1. The summed E-state index contributed by atoms with van der Waals surface area (Å²) in [6.45, 7) is 18.0. The first-order valence-corrected chi connectivity index (χ1v) is 19.8. The summed E-state index contributed by atoms with van der Waals surface area (Å²) in [5.74, 6) is -0.223. The standard InChI is InChI=1S/C18H25ClO3.C17H23ClO3.C9H18O.CH4/c1-5-6-7-8-12(2)9-10-22-16-11-15(21)17(14(4)20)13(3)18(16)19;1-4-5-6-7-11(2)8-9-13-16(20)14(10-19)12(3)15(18)17(13)21;1-3-4-5-6-9(2)7-8-10;/h9,11,21H,5-8,10H2,1-4H3;8,10,20-21H,4-7,9H2,1-3H3;7,10H,3-6,8H2,1-2H3;1H4/b12-9+;11-8-;9-7-;. The average Bonchev–Trinajstić information content (AvgIpc) is 3.10. The van der Waals surface area contributed by atoms with Crippen LogP contribution in [-0.4, -0.2) is 45.7 Å². The van der Waals surface area contributed by atoms with Gasteiger partial charge in [0.15, 0.2) is 12.1 Å². The molecule has 2 rings (SSSR count). The van der Waals surface area contributed by atoms with Gasteiger partial charge in [0.25, 0.3) is 0 Å². The van der Waals surface area contributed by atoms with Gasteiger partial charge in [0.2, 0.25) is 0 Å². The number of hydrogen-bond acceptors (Lipinski definition) is 7.